The van der Waals surface area contributed by atoms with Gasteiger partial charge in [-0.15, -0.1) is 0 Å². The third-order valence-electron chi connectivity index (χ3n) is 5.23. The summed E-state index contributed by atoms with van der Waals surface area (Å²) < 4.78 is 20.4. The SMILES string of the molecule is CC(C)C(Sc1nc2ccccc2c(=O)n1-c1ccc(F)cc1)C(=O)N1CCOCC1. The number of para-hydroxylation sites is 1. The van der Waals surface area contributed by atoms with Gasteiger partial charge < -0.3 is 9.64 Å². The van der Waals surface area contributed by atoms with Gasteiger partial charge in [-0.1, -0.05) is 37.7 Å². The second-order valence-corrected chi connectivity index (χ2v) is 8.86. The molecule has 2 aromatic carbocycles. The summed E-state index contributed by atoms with van der Waals surface area (Å²) in [5, 5.41) is 0.463. The third-order valence-corrected chi connectivity index (χ3v) is 6.72. The summed E-state index contributed by atoms with van der Waals surface area (Å²) in [6.07, 6.45) is 0. The number of hydrogen-bond acceptors (Lipinski definition) is 5. The van der Waals surface area contributed by atoms with E-state index in [-0.39, 0.29) is 23.2 Å². The lowest BCUT2D eigenvalue weighted by Gasteiger charge is -2.31. The largest absolute Gasteiger partial charge is 0.378 e. The van der Waals surface area contributed by atoms with E-state index >= 15 is 0 Å². The first-order chi connectivity index (χ1) is 15.0. The highest BCUT2D eigenvalue weighted by atomic mass is 32.2. The van der Waals surface area contributed by atoms with Crippen LogP contribution in [-0.2, 0) is 9.53 Å². The molecule has 1 aliphatic heterocycles. The Morgan fingerprint density at radius 3 is 2.45 bits per heavy atom. The number of fused-ring (bicyclic) bond motifs is 1. The van der Waals surface area contributed by atoms with Gasteiger partial charge in [-0.3, -0.25) is 14.2 Å². The Kier molecular flexibility index (Phi) is 6.38. The van der Waals surface area contributed by atoms with E-state index in [0.717, 1.165) is 0 Å². The van der Waals surface area contributed by atoms with Gasteiger partial charge in [0.25, 0.3) is 5.56 Å². The number of hydrogen-bond donors (Lipinski definition) is 0. The highest BCUT2D eigenvalue weighted by Gasteiger charge is 2.31. The molecule has 1 aromatic heterocycles. The van der Waals surface area contributed by atoms with E-state index in [2.05, 4.69) is 0 Å². The molecule has 1 aliphatic rings. The van der Waals surface area contributed by atoms with Crippen molar-refractivity contribution in [3.63, 3.8) is 0 Å². The summed E-state index contributed by atoms with van der Waals surface area (Å²) in [6, 6.07) is 12.8. The second-order valence-electron chi connectivity index (χ2n) is 7.75. The molecule has 162 valence electrons. The van der Waals surface area contributed by atoms with Gasteiger partial charge in [-0.2, -0.15) is 0 Å². The van der Waals surface area contributed by atoms with Crippen LogP contribution in [-0.4, -0.2) is 51.9 Å². The first-order valence-electron chi connectivity index (χ1n) is 10.3. The summed E-state index contributed by atoms with van der Waals surface area (Å²) in [6.45, 7) is 6.12. The van der Waals surface area contributed by atoms with Gasteiger partial charge in [0.2, 0.25) is 5.91 Å². The van der Waals surface area contributed by atoms with E-state index in [0.29, 0.717) is 48.1 Å². The van der Waals surface area contributed by atoms with E-state index in [1.807, 2.05) is 24.8 Å². The quantitative estimate of drug-likeness (QED) is 0.448. The Bertz CT molecular complexity index is 1140. The smallest absolute Gasteiger partial charge is 0.266 e. The fourth-order valence-electron chi connectivity index (χ4n) is 3.56. The van der Waals surface area contributed by atoms with E-state index in [1.54, 1.807) is 30.3 Å². The molecule has 1 amide bonds. The highest BCUT2D eigenvalue weighted by Crippen LogP contribution is 2.30. The number of carbonyl (C=O) groups is 1. The van der Waals surface area contributed by atoms with E-state index in [9.17, 15) is 14.0 Å². The number of ether oxygens (including phenoxy) is 1. The van der Waals surface area contributed by atoms with Crippen LogP contribution in [0.15, 0.2) is 58.5 Å². The normalized spacial score (nSPS) is 15.4. The number of amides is 1. The van der Waals surface area contributed by atoms with Crippen molar-refractivity contribution < 1.29 is 13.9 Å². The Hall–Kier alpha value is -2.71. The topological polar surface area (TPSA) is 64.4 Å². The summed E-state index contributed by atoms with van der Waals surface area (Å²) in [5.41, 5.74) is 0.823. The highest BCUT2D eigenvalue weighted by molar-refractivity contribution is 8.00. The Morgan fingerprint density at radius 1 is 1.10 bits per heavy atom. The van der Waals surface area contributed by atoms with Crippen LogP contribution in [0.3, 0.4) is 0 Å². The van der Waals surface area contributed by atoms with Gasteiger partial charge in [0.05, 0.1) is 35.1 Å². The molecule has 4 rings (SSSR count). The molecule has 1 unspecified atom stereocenters. The maximum absolute atomic E-state index is 13.5. The first kappa shape index (κ1) is 21.5. The Balaban J connectivity index is 1.81. The molecule has 0 N–H and O–H groups in total. The number of rotatable bonds is 5. The predicted octanol–water partition coefficient (Wildman–Crippen LogP) is 3.50. The lowest BCUT2D eigenvalue weighted by Crippen LogP contribution is -2.46. The number of halogens is 1. The zero-order valence-corrected chi connectivity index (χ0v) is 18.3. The van der Waals surface area contributed by atoms with Gasteiger partial charge in [-0.25, -0.2) is 9.37 Å². The standard InChI is InChI=1S/C23H24FN3O3S/c1-15(2)20(22(29)26-11-13-30-14-12-26)31-23-25-19-6-4-3-5-18(19)21(28)27(23)17-9-7-16(24)8-10-17/h3-10,15,20H,11-14H2,1-2H3. The van der Waals surface area contributed by atoms with Crippen molar-refractivity contribution in [2.45, 2.75) is 24.3 Å². The van der Waals surface area contributed by atoms with Crippen LogP contribution in [0.1, 0.15) is 13.8 Å². The molecule has 1 fully saturated rings. The van der Waals surface area contributed by atoms with Gasteiger partial charge >= 0.3 is 0 Å². The van der Waals surface area contributed by atoms with E-state index in [4.69, 9.17) is 9.72 Å². The van der Waals surface area contributed by atoms with Crippen molar-refractivity contribution in [2.24, 2.45) is 5.92 Å². The van der Waals surface area contributed by atoms with Crippen molar-refractivity contribution in [3.8, 4) is 5.69 Å². The minimum atomic E-state index is -0.419. The number of nitrogens with zero attached hydrogens (tertiary/aromatic N) is 3. The van der Waals surface area contributed by atoms with E-state index < -0.39 is 5.25 Å². The van der Waals surface area contributed by atoms with Gasteiger partial charge in [0, 0.05) is 13.1 Å². The molecule has 1 saturated heterocycles. The van der Waals surface area contributed by atoms with Crippen LogP contribution in [0.5, 0.6) is 0 Å². The summed E-state index contributed by atoms with van der Waals surface area (Å²) in [4.78, 5) is 33.2. The zero-order valence-electron chi connectivity index (χ0n) is 17.5. The monoisotopic (exact) mass is 441 g/mol. The van der Waals surface area contributed by atoms with Gasteiger partial charge in [-0.05, 0) is 42.3 Å². The van der Waals surface area contributed by atoms with E-state index in [1.165, 1.54) is 28.5 Å². The molecule has 31 heavy (non-hydrogen) atoms. The second kappa shape index (κ2) is 9.20. The molecular formula is C23H24FN3O3S. The van der Waals surface area contributed by atoms with Crippen molar-refractivity contribution in [2.75, 3.05) is 26.3 Å². The molecule has 0 bridgehead atoms. The molecule has 0 radical (unpaired) electrons. The fourth-order valence-corrected chi connectivity index (χ4v) is 4.75. The van der Waals surface area contributed by atoms with Crippen LogP contribution in [0.4, 0.5) is 4.39 Å². The maximum atomic E-state index is 13.5. The molecule has 0 spiro atoms. The molecule has 0 aliphatic carbocycles. The molecular weight excluding hydrogens is 417 g/mol. The van der Waals surface area contributed by atoms with Crippen LogP contribution in [0.25, 0.3) is 16.6 Å². The Labute approximate surface area is 184 Å². The molecule has 1 atom stereocenters. The van der Waals surface area contributed by atoms with Crippen LogP contribution in [0.2, 0.25) is 0 Å². The molecule has 3 aromatic rings. The lowest BCUT2D eigenvalue weighted by atomic mass is 10.1. The number of benzene rings is 2. The maximum Gasteiger partial charge on any atom is 0.266 e. The van der Waals surface area contributed by atoms with Crippen LogP contribution >= 0.6 is 11.8 Å². The van der Waals surface area contributed by atoms with Crippen molar-refractivity contribution in [3.05, 3.63) is 64.7 Å². The van der Waals surface area contributed by atoms with Crippen molar-refractivity contribution in [1.82, 2.24) is 14.5 Å². The summed E-state index contributed by atoms with van der Waals surface area (Å²) in [7, 11) is 0. The van der Waals surface area contributed by atoms with Gasteiger partial charge in [0.1, 0.15) is 5.82 Å². The summed E-state index contributed by atoms with van der Waals surface area (Å²) in [5.74, 6) is -0.357. The fraction of sp³-hybridized carbons (Fsp3) is 0.348. The number of thioether (sulfide) groups is 1. The number of morpholine rings is 1. The zero-order chi connectivity index (χ0) is 22.0. The Morgan fingerprint density at radius 2 is 1.77 bits per heavy atom. The number of carbonyl (C=O) groups excluding carboxylic acids is 1. The van der Waals surface area contributed by atoms with Crippen molar-refractivity contribution >= 4 is 28.6 Å². The third kappa shape index (κ3) is 4.50. The predicted molar refractivity (Wildman–Crippen MR) is 119 cm³/mol. The minimum Gasteiger partial charge on any atom is -0.378 e. The molecule has 2 heterocycles. The molecule has 6 nitrogen and oxygen atoms in total. The number of aromatic nitrogens is 2. The van der Waals surface area contributed by atoms with Gasteiger partial charge in [0.15, 0.2) is 5.16 Å². The molecule has 0 saturated carbocycles. The average Bonchev–Trinajstić information content (AvgIpc) is 2.78. The van der Waals surface area contributed by atoms with Crippen molar-refractivity contribution in [1.29, 1.82) is 0 Å². The molecule has 8 heteroatoms. The van der Waals surface area contributed by atoms with Crippen LogP contribution < -0.4 is 5.56 Å². The minimum absolute atomic E-state index is 0.0105. The van der Waals surface area contributed by atoms with Crippen LogP contribution in [0, 0.1) is 11.7 Å². The summed E-state index contributed by atoms with van der Waals surface area (Å²) >= 11 is 1.28. The lowest BCUT2D eigenvalue weighted by molar-refractivity contribution is -0.135. The average molecular weight is 442 g/mol. The first-order valence-corrected chi connectivity index (χ1v) is 11.1.